The predicted molar refractivity (Wildman–Crippen MR) is 102 cm³/mol. The second-order valence-electron chi connectivity index (χ2n) is 5.79. The second-order valence-corrected chi connectivity index (χ2v) is 5.79. The maximum Gasteiger partial charge on any atom is 0.271 e. The molecule has 0 aliphatic heterocycles. The summed E-state index contributed by atoms with van der Waals surface area (Å²) in [4.78, 5) is 20.8. The number of amides is 1. The lowest BCUT2D eigenvalue weighted by atomic mass is 10.3. The molecule has 1 amide bonds. The van der Waals surface area contributed by atoms with Crippen LogP contribution in [0.2, 0.25) is 0 Å². The number of hydrogen-bond donors (Lipinski definition) is 2. The third-order valence-corrected chi connectivity index (χ3v) is 3.92. The lowest BCUT2D eigenvalue weighted by Gasteiger charge is -2.08. The fourth-order valence-electron chi connectivity index (χ4n) is 2.57. The van der Waals surface area contributed by atoms with Crippen LogP contribution in [-0.2, 0) is 0 Å². The molecule has 0 saturated heterocycles. The van der Waals surface area contributed by atoms with Crippen molar-refractivity contribution >= 4 is 22.8 Å². The van der Waals surface area contributed by atoms with Gasteiger partial charge in [0.25, 0.3) is 5.91 Å². The molecule has 0 unspecified atom stereocenters. The van der Waals surface area contributed by atoms with Crippen LogP contribution in [0.4, 0.5) is 5.82 Å². The van der Waals surface area contributed by atoms with Gasteiger partial charge in [0.2, 0.25) is 0 Å². The average Bonchev–Trinajstić information content (AvgIpc) is 3.26. The Kier molecular flexibility index (Phi) is 4.69. The van der Waals surface area contributed by atoms with Crippen LogP contribution < -0.4 is 10.6 Å². The van der Waals surface area contributed by atoms with E-state index in [-0.39, 0.29) is 5.91 Å². The van der Waals surface area contributed by atoms with Crippen molar-refractivity contribution in [3.63, 3.8) is 0 Å². The molecule has 0 saturated carbocycles. The lowest BCUT2D eigenvalue weighted by molar-refractivity contribution is 0.0950. The number of nitrogens with zero attached hydrogens (tertiary/aromatic N) is 5. The molecular formula is C19H17N7O. The largest absolute Gasteiger partial charge is 0.367 e. The highest BCUT2D eigenvalue weighted by atomic mass is 16.1. The Morgan fingerprint density at radius 1 is 0.926 bits per heavy atom. The van der Waals surface area contributed by atoms with E-state index in [1.54, 1.807) is 0 Å². The fraction of sp³-hybridized carbons (Fsp3) is 0.105. The van der Waals surface area contributed by atoms with Gasteiger partial charge in [-0.3, -0.25) is 9.78 Å². The van der Waals surface area contributed by atoms with Gasteiger partial charge in [0.05, 0.1) is 17.2 Å². The molecule has 2 N–H and O–H groups in total. The molecule has 27 heavy (non-hydrogen) atoms. The van der Waals surface area contributed by atoms with Gasteiger partial charge in [-0.25, -0.2) is 4.98 Å². The van der Waals surface area contributed by atoms with Crippen molar-refractivity contribution in [2.45, 2.75) is 0 Å². The topological polar surface area (TPSA) is 97.6 Å². The number of carbonyl (C=O) groups excluding carboxylic acids is 1. The summed E-state index contributed by atoms with van der Waals surface area (Å²) in [7, 11) is 0. The zero-order chi connectivity index (χ0) is 18.5. The molecule has 1 aromatic carbocycles. The molecule has 0 radical (unpaired) electrons. The van der Waals surface area contributed by atoms with Gasteiger partial charge in [0, 0.05) is 25.5 Å². The standard InChI is InChI=1S/C19H17N7O/c27-19(16-13-22-14-5-1-2-6-15(14)23-16)21-10-9-20-17-7-8-18(25-24-17)26-11-3-4-12-26/h1-8,11-13H,9-10H2,(H,20,24)(H,21,27). The molecule has 3 heterocycles. The van der Waals surface area contributed by atoms with Gasteiger partial charge in [-0.2, -0.15) is 0 Å². The number of aromatic nitrogens is 5. The van der Waals surface area contributed by atoms with Crippen molar-refractivity contribution in [1.29, 1.82) is 0 Å². The van der Waals surface area contributed by atoms with Crippen molar-refractivity contribution in [3.8, 4) is 5.82 Å². The van der Waals surface area contributed by atoms with Crippen molar-refractivity contribution in [2.75, 3.05) is 18.4 Å². The average molecular weight is 359 g/mol. The van der Waals surface area contributed by atoms with E-state index in [2.05, 4.69) is 30.8 Å². The molecule has 4 aromatic rings. The van der Waals surface area contributed by atoms with Gasteiger partial charge in [-0.15, -0.1) is 10.2 Å². The minimum absolute atomic E-state index is 0.260. The summed E-state index contributed by atoms with van der Waals surface area (Å²) in [6.07, 6.45) is 5.29. The van der Waals surface area contributed by atoms with Crippen LogP contribution in [0.5, 0.6) is 0 Å². The zero-order valence-electron chi connectivity index (χ0n) is 14.4. The second kappa shape index (κ2) is 7.61. The third-order valence-electron chi connectivity index (χ3n) is 3.92. The first-order valence-electron chi connectivity index (χ1n) is 8.50. The maximum absolute atomic E-state index is 12.2. The van der Waals surface area contributed by atoms with Crippen LogP contribution in [-0.4, -0.2) is 43.7 Å². The van der Waals surface area contributed by atoms with Crippen LogP contribution in [0.3, 0.4) is 0 Å². The Morgan fingerprint density at radius 3 is 2.52 bits per heavy atom. The maximum atomic E-state index is 12.2. The smallest absolute Gasteiger partial charge is 0.271 e. The Morgan fingerprint density at radius 2 is 1.74 bits per heavy atom. The van der Waals surface area contributed by atoms with Gasteiger partial charge in [0.1, 0.15) is 11.5 Å². The quantitative estimate of drug-likeness (QED) is 0.511. The molecule has 8 heteroatoms. The highest BCUT2D eigenvalue weighted by molar-refractivity contribution is 5.93. The van der Waals surface area contributed by atoms with Crippen molar-refractivity contribution in [3.05, 3.63) is 72.8 Å². The Balaban J connectivity index is 1.28. The van der Waals surface area contributed by atoms with E-state index in [4.69, 9.17) is 0 Å². The Bertz CT molecular complexity index is 1050. The van der Waals surface area contributed by atoms with E-state index in [9.17, 15) is 4.79 Å². The number of anilines is 1. The SMILES string of the molecule is O=C(NCCNc1ccc(-n2cccc2)nn1)c1cnc2ccccc2n1. The molecule has 134 valence electrons. The van der Waals surface area contributed by atoms with Gasteiger partial charge >= 0.3 is 0 Å². The first kappa shape index (κ1) is 16.6. The number of benzene rings is 1. The molecule has 0 bridgehead atoms. The molecule has 3 aromatic heterocycles. The van der Waals surface area contributed by atoms with E-state index in [1.165, 1.54) is 6.20 Å². The van der Waals surface area contributed by atoms with E-state index in [1.807, 2.05) is 65.5 Å². The minimum atomic E-state index is -0.260. The Labute approximate surface area is 155 Å². The van der Waals surface area contributed by atoms with Crippen LogP contribution >= 0.6 is 0 Å². The van der Waals surface area contributed by atoms with E-state index in [0.29, 0.717) is 30.1 Å². The molecule has 0 aliphatic rings. The highest BCUT2D eigenvalue weighted by Gasteiger charge is 2.08. The summed E-state index contributed by atoms with van der Waals surface area (Å²) in [6.45, 7) is 0.943. The summed E-state index contributed by atoms with van der Waals surface area (Å²) in [5, 5.41) is 14.2. The van der Waals surface area contributed by atoms with Gasteiger partial charge in [0.15, 0.2) is 5.82 Å². The van der Waals surface area contributed by atoms with E-state index >= 15 is 0 Å². The summed E-state index contributed by atoms with van der Waals surface area (Å²) >= 11 is 0. The normalized spacial score (nSPS) is 10.7. The first-order valence-corrected chi connectivity index (χ1v) is 8.50. The van der Waals surface area contributed by atoms with E-state index in [0.717, 1.165) is 11.3 Å². The molecular weight excluding hydrogens is 342 g/mol. The molecule has 0 aliphatic carbocycles. The summed E-state index contributed by atoms with van der Waals surface area (Å²) in [5.41, 5.74) is 1.75. The number of fused-ring (bicyclic) bond motifs is 1. The van der Waals surface area contributed by atoms with Gasteiger partial charge in [-0.05, 0) is 36.4 Å². The van der Waals surface area contributed by atoms with Gasteiger partial charge < -0.3 is 15.2 Å². The molecule has 0 atom stereocenters. The van der Waals surface area contributed by atoms with Crippen LogP contribution in [0.1, 0.15) is 10.5 Å². The first-order chi connectivity index (χ1) is 13.3. The number of rotatable bonds is 6. The minimum Gasteiger partial charge on any atom is -0.367 e. The van der Waals surface area contributed by atoms with Crippen LogP contribution in [0.15, 0.2) is 67.1 Å². The fourth-order valence-corrected chi connectivity index (χ4v) is 2.57. The lowest BCUT2D eigenvalue weighted by Crippen LogP contribution is -2.29. The molecule has 0 fully saturated rings. The van der Waals surface area contributed by atoms with Crippen molar-refractivity contribution < 1.29 is 4.79 Å². The van der Waals surface area contributed by atoms with E-state index < -0.39 is 0 Å². The summed E-state index contributed by atoms with van der Waals surface area (Å²) in [5.74, 6) is 1.13. The predicted octanol–water partition coefficient (Wildman–Crippen LogP) is 2.05. The molecule has 8 nitrogen and oxygen atoms in total. The third kappa shape index (κ3) is 3.90. The zero-order valence-corrected chi connectivity index (χ0v) is 14.4. The van der Waals surface area contributed by atoms with Gasteiger partial charge in [-0.1, -0.05) is 12.1 Å². The number of nitrogens with one attached hydrogen (secondary N) is 2. The Hall–Kier alpha value is -3.81. The van der Waals surface area contributed by atoms with Crippen molar-refractivity contribution in [2.24, 2.45) is 0 Å². The van der Waals surface area contributed by atoms with Crippen LogP contribution in [0.25, 0.3) is 16.9 Å². The van der Waals surface area contributed by atoms with Crippen LogP contribution in [0, 0.1) is 0 Å². The highest BCUT2D eigenvalue weighted by Crippen LogP contribution is 2.08. The molecule has 0 spiro atoms. The number of para-hydroxylation sites is 2. The van der Waals surface area contributed by atoms with Crippen molar-refractivity contribution in [1.82, 2.24) is 30.0 Å². The number of hydrogen-bond acceptors (Lipinski definition) is 6. The summed E-state index contributed by atoms with van der Waals surface area (Å²) in [6, 6.07) is 15.0. The number of carbonyl (C=O) groups is 1. The monoisotopic (exact) mass is 359 g/mol. The summed E-state index contributed by atoms with van der Waals surface area (Å²) < 4.78 is 1.88. The molecule has 4 rings (SSSR count).